The molecule has 0 N–H and O–H groups in total. The molecule has 0 aliphatic carbocycles. The van der Waals surface area contributed by atoms with Crippen molar-refractivity contribution in [1.82, 2.24) is 9.88 Å². The maximum atomic E-state index is 11.9. The fraction of sp³-hybridized carbons (Fsp3) is 0.571. The fourth-order valence-corrected chi connectivity index (χ4v) is 1.93. The zero-order valence-corrected chi connectivity index (χ0v) is 11.6. The number of amides is 1. The Morgan fingerprint density at radius 1 is 1.37 bits per heavy atom. The Hall–Kier alpha value is -1.78. The van der Waals surface area contributed by atoms with Gasteiger partial charge in [-0.05, 0) is 32.9 Å². The van der Waals surface area contributed by atoms with Gasteiger partial charge >= 0.3 is 6.09 Å². The number of carbonyl (C=O) groups excluding carboxylic acids is 1. The highest BCUT2D eigenvalue weighted by atomic mass is 16.6. The van der Waals surface area contributed by atoms with Crippen LogP contribution in [0.15, 0.2) is 24.5 Å². The lowest BCUT2D eigenvalue weighted by molar-refractivity contribution is 0.0275. The van der Waals surface area contributed by atoms with Crippen molar-refractivity contribution in [2.24, 2.45) is 0 Å². The maximum absolute atomic E-state index is 11.9. The standard InChI is InChI=1S/C14H20N2O3/c1-14(2,3)19-13(17)16-9-6-12(10-16)18-11-4-7-15-8-5-11/h4-5,7-8,12H,6,9-10H2,1-3H3/t12-/m1/s1. The third kappa shape index (κ3) is 4.12. The highest BCUT2D eigenvalue weighted by Crippen LogP contribution is 2.19. The number of hydrogen-bond acceptors (Lipinski definition) is 4. The van der Waals surface area contributed by atoms with Crippen LogP contribution in [0.5, 0.6) is 5.75 Å². The molecule has 1 aromatic rings. The average molecular weight is 264 g/mol. The molecule has 5 heteroatoms. The van der Waals surface area contributed by atoms with E-state index in [1.54, 1.807) is 17.3 Å². The number of ether oxygens (including phenoxy) is 2. The van der Waals surface area contributed by atoms with E-state index in [4.69, 9.17) is 9.47 Å². The monoisotopic (exact) mass is 264 g/mol. The number of rotatable bonds is 2. The van der Waals surface area contributed by atoms with Crippen LogP contribution in [0.3, 0.4) is 0 Å². The third-order valence-corrected chi connectivity index (χ3v) is 2.75. The van der Waals surface area contributed by atoms with E-state index in [0.29, 0.717) is 13.1 Å². The number of hydrogen-bond donors (Lipinski definition) is 0. The molecule has 1 amide bonds. The molecule has 1 saturated heterocycles. The second-order valence-corrected chi connectivity index (χ2v) is 5.64. The minimum absolute atomic E-state index is 0.0231. The average Bonchev–Trinajstić information content (AvgIpc) is 2.77. The molecule has 1 aliphatic rings. The van der Waals surface area contributed by atoms with Crippen molar-refractivity contribution < 1.29 is 14.3 Å². The third-order valence-electron chi connectivity index (χ3n) is 2.75. The number of likely N-dealkylation sites (tertiary alicyclic amines) is 1. The van der Waals surface area contributed by atoms with Gasteiger partial charge < -0.3 is 14.4 Å². The summed E-state index contributed by atoms with van der Waals surface area (Å²) in [4.78, 5) is 17.5. The summed E-state index contributed by atoms with van der Waals surface area (Å²) in [5.74, 6) is 0.783. The van der Waals surface area contributed by atoms with Gasteiger partial charge in [0.1, 0.15) is 17.5 Å². The largest absolute Gasteiger partial charge is 0.488 e. The number of pyridine rings is 1. The van der Waals surface area contributed by atoms with Gasteiger partial charge in [0.15, 0.2) is 0 Å². The van der Waals surface area contributed by atoms with Crippen LogP contribution in [0.2, 0.25) is 0 Å². The summed E-state index contributed by atoms with van der Waals surface area (Å²) >= 11 is 0. The molecule has 1 aromatic heterocycles. The topological polar surface area (TPSA) is 51.7 Å². The van der Waals surface area contributed by atoms with Crippen LogP contribution in [0.25, 0.3) is 0 Å². The van der Waals surface area contributed by atoms with Crippen molar-refractivity contribution in [3.05, 3.63) is 24.5 Å². The molecule has 1 atom stereocenters. The van der Waals surface area contributed by atoms with Crippen LogP contribution in [-0.2, 0) is 4.74 Å². The van der Waals surface area contributed by atoms with E-state index >= 15 is 0 Å². The first kappa shape index (κ1) is 13.6. The summed E-state index contributed by atoms with van der Waals surface area (Å²) in [7, 11) is 0. The fourth-order valence-electron chi connectivity index (χ4n) is 1.93. The van der Waals surface area contributed by atoms with E-state index in [1.165, 1.54) is 0 Å². The van der Waals surface area contributed by atoms with E-state index in [1.807, 2.05) is 32.9 Å². The van der Waals surface area contributed by atoms with Crippen LogP contribution in [0.4, 0.5) is 4.79 Å². The quantitative estimate of drug-likeness (QED) is 0.823. The summed E-state index contributed by atoms with van der Waals surface area (Å²) in [6.07, 6.45) is 3.95. The Kier molecular flexibility index (Phi) is 3.93. The van der Waals surface area contributed by atoms with E-state index < -0.39 is 5.60 Å². The van der Waals surface area contributed by atoms with Gasteiger partial charge in [0.2, 0.25) is 0 Å². The first-order valence-electron chi connectivity index (χ1n) is 6.49. The van der Waals surface area contributed by atoms with Crippen LogP contribution in [0.1, 0.15) is 27.2 Å². The summed E-state index contributed by atoms with van der Waals surface area (Å²) in [5.41, 5.74) is -0.457. The number of nitrogens with zero attached hydrogens (tertiary/aromatic N) is 2. The Balaban J connectivity index is 1.85. The Labute approximate surface area is 113 Å². The zero-order valence-electron chi connectivity index (χ0n) is 11.6. The lowest BCUT2D eigenvalue weighted by atomic mass is 10.2. The Morgan fingerprint density at radius 2 is 2.05 bits per heavy atom. The van der Waals surface area contributed by atoms with E-state index in [0.717, 1.165) is 12.2 Å². The second-order valence-electron chi connectivity index (χ2n) is 5.64. The minimum Gasteiger partial charge on any atom is -0.488 e. The van der Waals surface area contributed by atoms with Gasteiger partial charge in [0.25, 0.3) is 0 Å². The van der Waals surface area contributed by atoms with Crippen molar-refractivity contribution in [1.29, 1.82) is 0 Å². The Bertz CT molecular complexity index is 428. The molecule has 5 nitrogen and oxygen atoms in total. The van der Waals surface area contributed by atoms with Gasteiger partial charge in [-0.1, -0.05) is 0 Å². The minimum atomic E-state index is -0.457. The molecule has 104 valence electrons. The van der Waals surface area contributed by atoms with Crippen molar-refractivity contribution >= 4 is 6.09 Å². The number of aromatic nitrogens is 1. The van der Waals surface area contributed by atoms with Gasteiger partial charge in [-0.25, -0.2) is 4.79 Å². The summed E-state index contributed by atoms with van der Waals surface area (Å²) in [6.45, 7) is 6.84. The van der Waals surface area contributed by atoms with Crippen molar-refractivity contribution in [2.45, 2.75) is 38.9 Å². The number of carbonyl (C=O) groups is 1. The summed E-state index contributed by atoms with van der Waals surface area (Å²) in [6, 6.07) is 3.63. The molecule has 19 heavy (non-hydrogen) atoms. The molecule has 0 bridgehead atoms. The van der Waals surface area contributed by atoms with Gasteiger partial charge in [0.05, 0.1) is 6.54 Å². The van der Waals surface area contributed by atoms with Crippen LogP contribution in [0, 0.1) is 0 Å². The first-order chi connectivity index (χ1) is 8.94. The smallest absolute Gasteiger partial charge is 0.410 e. The highest BCUT2D eigenvalue weighted by Gasteiger charge is 2.30. The molecule has 2 rings (SSSR count). The van der Waals surface area contributed by atoms with Gasteiger partial charge in [-0.15, -0.1) is 0 Å². The summed E-state index contributed by atoms with van der Waals surface area (Å²) < 4.78 is 11.1. The Morgan fingerprint density at radius 3 is 2.68 bits per heavy atom. The van der Waals surface area contributed by atoms with Crippen molar-refractivity contribution in [3.8, 4) is 5.75 Å². The first-order valence-corrected chi connectivity index (χ1v) is 6.49. The molecule has 1 fully saturated rings. The van der Waals surface area contributed by atoms with E-state index in [-0.39, 0.29) is 12.2 Å². The van der Waals surface area contributed by atoms with Crippen molar-refractivity contribution in [2.75, 3.05) is 13.1 Å². The van der Waals surface area contributed by atoms with E-state index in [2.05, 4.69) is 4.98 Å². The normalized spacial score (nSPS) is 19.3. The maximum Gasteiger partial charge on any atom is 0.410 e. The SMILES string of the molecule is CC(C)(C)OC(=O)N1CC[C@@H](Oc2ccncc2)C1. The van der Waals surface area contributed by atoms with Crippen LogP contribution < -0.4 is 4.74 Å². The zero-order chi connectivity index (χ0) is 13.9. The molecular weight excluding hydrogens is 244 g/mol. The van der Waals surface area contributed by atoms with Gasteiger partial charge in [0, 0.05) is 25.4 Å². The molecule has 0 radical (unpaired) electrons. The molecule has 0 unspecified atom stereocenters. The predicted octanol–water partition coefficient (Wildman–Crippen LogP) is 2.47. The molecular formula is C14H20N2O3. The van der Waals surface area contributed by atoms with E-state index in [9.17, 15) is 4.79 Å². The van der Waals surface area contributed by atoms with Crippen LogP contribution in [-0.4, -0.2) is 40.8 Å². The van der Waals surface area contributed by atoms with Crippen molar-refractivity contribution in [3.63, 3.8) is 0 Å². The predicted molar refractivity (Wildman–Crippen MR) is 71.1 cm³/mol. The summed E-state index contributed by atoms with van der Waals surface area (Å²) in [5, 5.41) is 0. The molecule has 0 spiro atoms. The molecule has 0 aromatic carbocycles. The lowest BCUT2D eigenvalue weighted by Gasteiger charge is -2.24. The van der Waals surface area contributed by atoms with Gasteiger partial charge in [-0.2, -0.15) is 0 Å². The second kappa shape index (κ2) is 5.47. The highest BCUT2D eigenvalue weighted by molar-refractivity contribution is 5.68. The molecule has 2 heterocycles. The lowest BCUT2D eigenvalue weighted by Crippen LogP contribution is -2.36. The van der Waals surface area contributed by atoms with Crippen LogP contribution >= 0.6 is 0 Å². The molecule has 0 saturated carbocycles. The molecule has 1 aliphatic heterocycles. The van der Waals surface area contributed by atoms with Gasteiger partial charge in [-0.3, -0.25) is 4.98 Å².